The maximum atomic E-state index is 13.0. The Morgan fingerprint density at radius 2 is 1.59 bits per heavy atom. The van der Waals surface area contributed by atoms with Crippen LogP contribution in [0.25, 0.3) is 0 Å². The Kier molecular flexibility index (Phi) is 4.89. The predicted molar refractivity (Wildman–Crippen MR) is 53.7 cm³/mol. The Labute approximate surface area is 98.7 Å². The van der Waals surface area contributed by atoms with Crippen molar-refractivity contribution < 1.29 is 22.4 Å². The van der Waals surface area contributed by atoms with E-state index >= 15 is 0 Å². The van der Waals surface area contributed by atoms with Gasteiger partial charge in [-0.1, -0.05) is 0 Å². The summed E-state index contributed by atoms with van der Waals surface area (Å²) in [7, 11) is 0. The first-order chi connectivity index (χ1) is 7.34. The third kappa shape index (κ3) is 3.06. The SMILES string of the molecule is Cl.NC(N)=NC(=O)c1cc(F)c(F)c(F)c1F. The lowest BCUT2D eigenvalue weighted by Crippen LogP contribution is -2.24. The quantitative estimate of drug-likeness (QED) is 0.264. The Balaban J connectivity index is 0.00000256. The molecule has 0 aromatic heterocycles. The van der Waals surface area contributed by atoms with Crippen molar-refractivity contribution in [1.29, 1.82) is 0 Å². The van der Waals surface area contributed by atoms with Crippen LogP contribution in [0, 0.1) is 23.3 Å². The lowest BCUT2D eigenvalue weighted by molar-refractivity contribution is 0.0997. The molecule has 17 heavy (non-hydrogen) atoms. The topological polar surface area (TPSA) is 81.5 Å². The number of carbonyl (C=O) groups excluding carboxylic acids is 1. The summed E-state index contributed by atoms with van der Waals surface area (Å²) in [4.78, 5) is 13.9. The molecule has 0 aliphatic carbocycles. The maximum Gasteiger partial charge on any atom is 0.283 e. The average molecular weight is 272 g/mol. The Morgan fingerprint density at radius 1 is 1.06 bits per heavy atom. The normalized spacial score (nSPS) is 9.41. The van der Waals surface area contributed by atoms with Crippen LogP contribution in [0.1, 0.15) is 10.4 Å². The molecule has 0 aliphatic rings. The molecule has 94 valence electrons. The number of hydrogen-bond donors (Lipinski definition) is 2. The van der Waals surface area contributed by atoms with Gasteiger partial charge >= 0.3 is 0 Å². The molecule has 1 aromatic rings. The van der Waals surface area contributed by atoms with Crippen molar-refractivity contribution in [3.05, 3.63) is 34.9 Å². The molecule has 4 nitrogen and oxygen atoms in total. The highest BCUT2D eigenvalue weighted by molar-refractivity contribution is 6.02. The van der Waals surface area contributed by atoms with E-state index in [0.29, 0.717) is 0 Å². The summed E-state index contributed by atoms with van der Waals surface area (Å²) < 4.78 is 50.9. The highest BCUT2D eigenvalue weighted by Crippen LogP contribution is 2.19. The number of carbonyl (C=O) groups is 1. The molecule has 9 heteroatoms. The molecule has 0 atom stereocenters. The summed E-state index contributed by atoms with van der Waals surface area (Å²) in [5.74, 6) is -9.81. The monoisotopic (exact) mass is 271 g/mol. The molecule has 4 N–H and O–H groups in total. The van der Waals surface area contributed by atoms with Gasteiger partial charge in [0.2, 0.25) is 0 Å². The van der Waals surface area contributed by atoms with Crippen LogP contribution in [0.3, 0.4) is 0 Å². The molecular formula is C8H6ClF4N3O. The zero-order chi connectivity index (χ0) is 12.5. The van der Waals surface area contributed by atoms with Crippen LogP contribution in [0.15, 0.2) is 11.1 Å². The lowest BCUT2D eigenvalue weighted by Gasteiger charge is -2.02. The van der Waals surface area contributed by atoms with E-state index < -0.39 is 40.7 Å². The summed E-state index contributed by atoms with van der Waals surface area (Å²) in [6.07, 6.45) is 0. The van der Waals surface area contributed by atoms with Gasteiger partial charge in [-0.25, -0.2) is 17.6 Å². The van der Waals surface area contributed by atoms with Crippen molar-refractivity contribution in [1.82, 2.24) is 0 Å². The van der Waals surface area contributed by atoms with Crippen LogP contribution >= 0.6 is 12.4 Å². The molecule has 0 fully saturated rings. The van der Waals surface area contributed by atoms with E-state index in [4.69, 9.17) is 11.5 Å². The zero-order valence-corrected chi connectivity index (χ0v) is 8.82. The van der Waals surface area contributed by atoms with Gasteiger partial charge in [0.05, 0.1) is 5.56 Å². The molecule has 0 bridgehead atoms. The third-order valence-electron chi connectivity index (χ3n) is 1.56. The highest BCUT2D eigenvalue weighted by Gasteiger charge is 2.22. The number of rotatable bonds is 1. The molecular weight excluding hydrogens is 266 g/mol. The lowest BCUT2D eigenvalue weighted by atomic mass is 10.2. The second kappa shape index (κ2) is 5.48. The minimum Gasteiger partial charge on any atom is -0.370 e. The number of halogens is 5. The van der Waals surface area contributed by atoms with Crippen molar-refractivity contribution in [2.24, 2.45) is 16.5 Å². The Hall–Kier alpha value is -1.83. The van der Waals surface area contributed by atoms with E-state index in [1.807, 2.05) is 0 Å². The van der Waals surface area contributed by atoms with Crippen molar-refractivity contribution in [3.8, 4) is 0 Å². The standard InChI is InChI=1S/C8H5F4N3O.ClH/c9-3-1-2(7(16)15-8(13)14)4(10)6(12)5(3)11;/h1H,(H4,13,14,15,16);1H. The molecule has 0 unspecified atom stereocenters. The molecule has 0 saturated heterocycles. The van der Waals surface area contributed by atoms with Gasteiger partial charge in [0.15, 0.2) is 29.2 Å². The van der Waals surface area contributed by atoms with E-state index in [1.54, 1.807) is 0 Å². The maximum absolute atomic E-state index is 13.0. The van der Waals surface area contributed by atoms with Crippen LogP contribution in [0.2, 0.25) is 0 Å². The van der Waals surface area contributed by atoms with Crippen molar-refractivity contribution >= 4 is 24.3 Å². The minimum atomic E-state index is -2.10. The van der Waals surface area contributed by atoms with E-state index in [1.165, 1.54) is 0 Å². The van der Waals surface area contributed by atoms with Crippen LogP contribution < -0.4 is 11.5 Å². The number of aliphatic imine (C=N–C) groups is 1. The highest BCUT2D eigenvalue weighted by atomic mass is 35.5. The molecule has 1 amide bonds. The zero-order valence-electron chi connectivity index (χ0n) is 8.01. The van der Waals surface area contributed by atoms with Gasteiger partial charge in [-0.15, -0.1) is 12.4 Å². The molecule has 0 spiro atoms. The number of guanidine groups is 1. The summed E-state index contributed by atoms with van der Waals surface area (Å²) in [6.45, 7) is 0. The van der Waals surface area contributed by atoms with E-state index in [9.17, 15) is 22.4 Å². The van der Waals surface area contributed by atoms with Gasteiger partial charge in [0.25, 0.3) is 5.91 Å². The van der Waals surface area contributed by atoms with Gasteiger partial charge in [-0.2, -0.15) is 4.99 Å². The molecule has 0 saturated carbocycles. The number of hydrogen-bond acceptors (Lipinski definition) is 1. The number of nitrogens with zero attached hydrogens (tertiary/aromatic N) is 1. The van der Waals surface area contributed by atoms with Gasteiger partial charge in [0, 0.05) is 0 Å². The predicted octanol–water partition coefficient (Wildman–Crippen LogP) is 1.08. The van der Waals surface area contributed by atoms with Gasteiger partial charge in [-0.3, -0.25) is 4.79 Å². The fourth-order valence-corrected chi connectivity index (χ4v) is 0.906. The van der Waals surface area contributed by atoms with E-state index in [0.717, 1.165) is 0 Å². The smallest absolute Gasteiger partial charge is 0.283 e. The first-order valence-electron chi connectivity index (χ1n) is 3.81. The van der Waals surface area contributed by atoms with Crippen LogP contribution in [-0.4, -0.2) is 11.9 Å². The van der Waals surface area contributed by atoms with Gasteiger partial charge in [0.1, 0.15) is 0 Å². The van der Waals surface area contributed by atoms with Crippen molar-refractivity contribution in [2.45, 2.75) is 0 Å². The fourth-order valence-electron chi connectivity index (χ4n) is 0.906. The molecule has 0 radical (unpaired) electrons. The molecule has 1 aromatic carbocycles. The Bertz CT molecular complexity index is 488. The molecule has 0 heterocycles. The average Bonchev–Trinajstić information content (AvgIpc) is 2.19. The van der Waals surface area contributed by atoms with E-state index in [-0.39, 0.29) is 18.5 Å². The van der Waals surface area contributed by atoms with E-state index in [2.05, 4.69) is 4.99 Å². The fraction of sp³-hybridized carbons (Fsp3) is 0. The summed E-state index contributed by atoms with van der Waals surface area (Å²) in [5, 5.41) is 0. The summed E-state index contributed by atoms with van der Waals surface area (Å²) >= 11 is 0. The van der Waals surface area contributed by atoms with Crippen LogP contribution in [0.5, 0.6) is 0 Å². The minimum absolute atomic E-state index is 0. The van der Waals surface area contributed by atoms with Crippen molar-refractivity contribution in [2.75, 3.05) is 0 Å². The summed E-state index contributed by atoms with van der Waals surface area (Å²) in [5.41, 5.74) is 8.53. The second-order valence-electron chi connectivity index (χ2n) is 2.69. The largest absolute Gasteiger partial charge is 0.370 e. The van der Waals surface area contributed by atoms with Gasteiger partial charge < -0.3 is 11.5 Å². The van der Waals surface area contributed by atoms with Crippen molar-refractivity contribution in [3.63, 3.8) is 0 Å². The number of benzene rings is 1. The molecule has 0 aliphatic heterocycles. The molecule has 1 rings (SSSR count). The first-order valence-corrected chi connectivity index (χ1v) is 3.81. The first kappa shape index (κ1) is 15.2. The number of nitrogens with two attached hydrogens (primary N) is 2. The number of amides is 1. The van der Waals surface area contributed by atoms with Gasteiger partial charge in [-0.05, 0) is 6.07 Å². The van der Waals surface area contributed by atoms with Crippen LogP contribution in [-0.2, 0) is 0 Å². The third-order valence-corrected chi connectivity index (χ3v) is 1.56. The second-order valence-corrected chi connectivity index (χ2v) is 2.69. The van der Waals surface area contributed by atoms with Crippen LogP contribution in [0.4, 0.5) is 17.6 Å². The Morgan fingerprint density at radius 3 is 2.06 bits per heavy atom. The summed E-state index contributed by atoms with van der Waals surface area (Å²) in [6, 6.07) is 0.169.